The average Bonchev–Trinajstić information content (AvgIpc) is 2.71. The zero-order chi connectivity index (χ0) is 21.9. The van der Waals surface area contributed by atoms with E-state index in [2.05, 4.69) is 5.32 Å². The summed E-state index contributed by atoms with van der Waals surface area (Å²) in [7, 11) is -3.73. The van der Waals surface area contributed by atoms with E-state index in [9.17, 15) is 13.2 Å². The van der Waals surface area contributed by atoms with Crippen LogP contribution in [0.1, 0.15) is 37.4 Å². The molecule has 2 atom stereocenters. The second-order valence-electron chi connectivity index (χ2n) is 7.44. The fraction of sp³-hybridized carbons (Fsp3) is 0.409. The van der Waals surface area contributed by atoms with Crippen molar-refractivity contribution in [2.45, 2.75) is 39.3 Å². The summed E-state index contributed by atoms with van der Waals surface area (Å²) in [6.07, 6.45) is 1.77. The van der Waals surface area contributed by atoms with Gasteiger partial charge in [0.25, 0.3) is 0 Å². The molecular weight excluding hydrogens is 404 g/mol. The van der Waals surface area contributed by atoms with Crippen molar-refractivity contribution in [2.75, 3.05) is 23.8 Å². The molecule has 0 bridgehead atoms. The number of fused-ring (bicyclic) bond motifs is 1. The van der Waals surface area contributed by atoms with Crippen LogP contribution in [0.3, 0.4) is 0 Å². The fourth-order valence-electron chi connectivity index (χ4n) is 3.49. The molecule has 2 aromatic rings. The summed E-state index contributed by atoms with van der Waals surface area (Å²) in [6, 6.07) is 11.7. The monoisotopic (exact) mass is 432 g/mol. The first kappa shape index (κ1) is 22.0. The van der Waals surface area contributed by atoms with Gasteiger partial charge in [-0.2, -0.15) is 0 Å². The van der Waals surface area contributed by atoms with E-state index in [1.165, 1.54) is 0 Å². The molecule has 2 aromatic carbocycles. The number of sulfonamides is 1. The summed E-state index contributed by atoms with van der Waals surface area (Å²) in [5, 5.41) is 2.99. The van der Waals surface area contributed by atoms with Crippen LogP contribution in [0.5, 0.6) is 11.5 Å². The van der Waals surface area contributed by atoms with Crippen molar-refractivity contribution in [2.24, 2.45) is 0 Å². The molecule has 0 aromatic heterocycles. The Bertz CT molecular complexity index is 1000. The lowest BCUT2D eigenvalue weighted by atomic mass is 10.0. The van der Waals surface area contributed by atoms with E-state index >= 15 is 0 Å². The number of benzene rings is 2. The van der Waals surface area contributed by atoms with E-state index in [-0.39, 0.29) is 11.9 Å². The van der Waals surface area contributed by atoms with Gasteiger partial charge in [0.1, 0.15) is 19.3 Å². The Morgan fingerprint density at radius 2 is 1.73 bits per heavy atom. The Morgan fingerprint density at radius 1 is 1.10 bits per heavy atom. The smallest absolute Gasteiger partial charge is 0.244 e. The number of amides is 1. The van der Waals surface area contributed by atoms with Gasteiger partial charge >= 0.3 is 0 Å². The number of aryl methyl sites for hydroxylation is 1. The van der Waals surface area contributed by atoms with Crippen LogP contribution >= 0.6 is 0 Å². The van der Waals surface area contributed by atoms with E-state index < -0.39 is 16.1 Å². The molecule has 0 saturated carbocycles. The predicted octanol–water partition coefficient (Wildman–Crippen LogP) is 3.19. The summed E-state index contributed by atoms with van der Waals surface area (Å²) in [6.45, 7) is 6.39. The van der Waals surface area contributed by atoms with Crippen molar-refractivity contribution in [3.05, 3.63) is 53.6 Å². The minimum atomic E-state index is -3.73. The van der Waals surface area contributed by atoms with Gasteiger partial charge in [-0.15, -0.1) is 0 Å². The van der Waals surface area contributed by atoms with Gasteiger partial charge in [0, 0.05) is 6.07 Å². The highest BCUT2D eigenvalue weighted by Crippen LogP contribution is 2.35. The van der Waals surface area contributed by atoms with Crippen molar-refractivity contribution < 1.29 is 22.7 Å². The second-order valence-corrected chi connectivity index (χ2v) is 9.30. The molecule has 1 amide bonds. The maximum absolute atomic E-state index is 13.0. The molecule has 8 heteroatoms. The first-order chi connectivity index (χ1) is 14.2. The standard InChI is InChI=1S/C22H28N2O5S/c1-5-19(17-8-6-15(2)7-9-17)23-22(25)16(3)24(30(4,26)27)18-10-11-20-21(14-18)29-13-12-28-20/h6-11,14,16,19H,5,12-13H2,1-4H3,(H,23,25)/t16-,19+/m0/s1. The number of hydrogen-bond acceptors (Lipinski definition) is 5. The third-order valence-electron chi connectivity index (χ3n) is 5.07. The van der Waals surface area contributed by atoms with Crippen LogP contribution in [0.2, 0.25) is 0 Å². The molecule has 1 aliphatic rings. The largest absolute Gasteiger partial charge is 0.486 e. The first-order valence-corrected chi connectivity index (χ1v) is 11.8. The highest BCUT2D eigenvalue weighted by Gasteiger charge is 2.31. The summed E-state index contributed by atoms with van der Waals surface area (Å²) in [4.78, 5) is 13.0. The summed E-state index contributed by atoms with van der Waals surface area (Å²) < 4.78 is 37.4. The van der Waals surface area contributed by atoms with Crippen molar-refractivity contribution in [1.82, 2.24) is 5.32 Å². The lowest BCUT2D eigenvalue weighted by Crippen LogP contribution is -2.48. The average molecular weight is 433 g/mol. The Hall–Kier alpha value is -2.74. The van der Waals surface area contributed by atoms with Crippen molar-refractivity contribution in [3.63, 3.8) is 0 Å². The van der Waals surface area contributed by atoms with Crippen LogP contribution in [0, 0.1) is 6.92 Å². The zero-order valence-corrected chi connectivity index (χ0v) is 18.5. The zero-order valence-electron chi connectivity index (χ0n) is 17.7. The third kappa shape index (κ3) is 4.87. The molecule has 7 nitrogen and oxygen atoms in total. The van der Waals surface area contributed by atoms with Gasteiger partial charge in [0.2, 0.25) is 15.9 Å². The van der Waals surface area contributed by atoms with Gasteiger partial charge in [-0.1, -0.05) is 36.8 Å². The van der Waals surface area contributed by atoms with Gasteiger partial charge in [-0.3, -0.25) is 9.10 Å². The second kappa shape index (κ2) is 8.95. The van der Waals surface area contributed by atoms with Gasteiger partial charge in [0.05, 0.1) is 18.0 Å². The molecule has 0 unspecified atom stereocenters. The fourth-order valence-corrected chi connectivity index (χ4v) is 4.66. The maximum Gasteiger partial charge on any atom is 0.244 e. The lowest BCUT2D eigenvalue weighted by Gasteiger charge is -2.30. The number of hydrogen-bond donors (Lipinski definition) is 1. The maximum atomic E-state index is 13.0. The predicted molar refractivity (Wildman–Crippen MR) is 117 cm³/mol. The number of rotatable bonds is 7. The molecule has 1 N–H and O–H groups in total. The number of carbonyl (C=O) groups excluding carboxylic acids is 1. The Morgan fingerprint density at radius 3 is 2.33 bits per heavy atom. The molecule has 0 fully saturated rings. The molecule has 30 heavy (non-hydrogen) atoms. The summed E-state index contributed by atoms with van der Waals surface area (Å²) >= 11 is 0. The molecule has 0 radical (unpaired) electrons. The Kier molecular flexibility index (Phi) is 6.55. The number of nitrogens with zero attached hydrogens (tertiary/aromatic N) is 1. The number of nitrogens with one attached hydrogen (secondary N) is 1. The quantitative estimate of drug-likeness (QED) is 0.726. The van der Waals surface area contributed by atoms with Crippen molar-refractivity contribution in [1.29, 1.82) is 0 Å². The number of ether oxygens (including phenoxy) is 2. The van der Waals surface area contributed by atoms with Crippen LogP contribution in [-0.2, 0) is 14.8 Å². The van der Waals surface area contributed by atoms with Crippen LogP contribution in [-0.4, -0.2) is 39.8 Å². The first-order valence-electron chi connectivity index (χ1n) is 9.96. The van der Waals surface area contributed by atoms with Crippen LogP contribution in [0.15, 0.2) is 42.5 Å². The van der Waals surface area contributed by atoms with E-state index in [4.69, 9.17) is 9.47 Å². The van der Waals surface area contributed by atoms with E-state index in [0.29, 0.717) is 36.8 Å². The topological polar surface area (TPSA) is 84.9 Å². The van der Waals surface area contributed by atoms with Gasteiger partial charge < -0.3 is 14.8 Å². The Balaban J connectivity index is 1.85. The molecule has 0 aliphatic carbocycles. The molecule has 3 rings (SSSR count). The third-order valence-corrected chi connectivity index (χ3v) is 6.31. The molecule has 1 aliphatic heterocycles. The molecule has 1 heterocycles. The van der Waals surface area contributed by atoms with Crippen LogP contribution in [0.25, 0.3) is 0 Å². The van der Waals surface area contributed by atoms with Crippen LogP contribution in [0.4, 0.5) is 5.69 Å². The highest BCUT2D eigenvalue weighted by molar-refractivity contribution is 7.92. The van der Waals surface area contributed by atoms with Crippen molar-refractivity contribution in [3.8, 4) is 11.5 Å². The minimum absolute atomic E-state index is 0.206. The van der Waals surface area contributed by atoms with Gasteiger partial charge in [0.15, 0.2) is 11.5 Å². The molecule has 0 spiro atoms. The minimum Gasteiger partial charge on any atom is -0.486 e. The molecular formula is C22H28N2O5S. The summed E-state index contributed by atoms with van der Waals surface area (Å²) in [5.74, 6) is 0.648. The normalized spacial score (nSPS) is 15.2. The number of anilines is 1. The van der Waals surface area contributed by atoms with E-state index in [0.717, 1.165) is 21.7 Å². The van der Waals surface area contributed by atoms with E-state index in [1.807, 2.05) is 38.1 Å². The number of carbonyl (C=O) groups is 1. The molecule has 0 saturated heterocycles. The van der Waals surface area contributed by atoms with Crippen LogP contribution < -0.4 is 19.1 Å². The highest BCUT2D eigenvalue weighted by atomic mass is 32.2. The van der Waals surface area contributed by atoms with E-state index in [1.54, 1.807) is 25.1 Å². The Labute approximate surface area is 178 Å². The molecule has 162 valence electrons. The lowest BCUT2D eigenvalue weighted by molar-refractivity contribution is -0.122. The van der Waals surface area contributed by atoms with Gasteiger partial charge in [-0.25, -0.2) is 8.42 Å². The summed E-state index contributed by atoms with van der Waals surface area (Å²) in [5.41, 5.74) is 2.47. The van der Waals surface area contributed by atoms with Crippen molar-refractivity contribution >= 4 is 21.6 Å². The SMILES string of the molecule is CC[C@@H](NC(=O)[C@H](C)N(c1ccc2c(c1)OCCO2)S(C)(=O)=O)c1ccc(C)cc1. The van der Waals surface area contributed by atoms with Gasteiger partial charge in [-0.05, 0) is 38.0 Å².